The minimum atomic E-state index is -0.478. The Morgan fingerprint density at radius 2 is 2.10 bits per heavy atom. The molecule has 0 saturated heterocycles. The maximum atomic E-state index is 11.3. The van der Waals surface area contributed by atoms with E-state index in [9.17, 15) is 10.1 Å². The number of nitrogens with one attached hydrogen (secondary N) is 2. The maximum absolute atomic E-state index is 11.3. The van der Waals surface area contributed by atoms with E-state index in [1.807, 2.05) is 31.2 Å². The van der Waals surface area contributed by atoms with Gasteiger partial charge in [-0.05, 0) is 47.2 Å². The van der Waals surface area contributed by atoms with Crippen molar-refractivity contribution in [3.05, 3.63) is 44.3 Å². The molecule has 0 fully saturated rings. The Morgan fingerprint density at radius 1 is 1.33 bits per heavy atom. The lowest BCUT2D eigenvalue weighted by molar-refractivity contribution is -0.383. The molecule has 0 aliphatic heterocycles. The Kier molecular flexibility index (Phi) is 5.26. The molecule has 0 saturated carbocycles. The van der Waals surface area contributed by atoms with Crippen molar-refractivity contribution >= 4 is 45.6 Å². The van der Waals surface area contributed by atoms with E-state index in [4.69, 9.17) is 0 Å². The molecule has 8 heteroatoms. The molecule has 0 bridgehead atoms. The average Bonchev–Trinajstić information content (AvgIpc) is 2.45. The number of halogens is 1. The summed E-state index contributed by atoms with van der Waals surface area (Å²) < 4.78 is 1.03. The SMILES string of the molecule is CCCNc1ncnc(Nc2cccc(I)c2)c1[N+](=O)[O-]. The molecular weight excluding hydrogens is 385 g/mol. The quantitative estimate of drug-likeness (QED) is 0.439. The van der Waals surface area contributed by atoms with Gasteiger partial charge in [0.15, 0.2) is 0 Å². The summed E-state index contributed by atoms with van der Waals surface area (Å²) in [7, 11) is 0. The van der Waals surface area contributed by atoms with Crippen molar-refractivity contribution in [1.82, 2.24) is 9.97 Å². The Balaban J connectivity index is 2.36. The summed E-state index contributed by atoms with van der Waals surface area (Å²) in [6.45, 7) is 2.59. The maximum Gasteiger partial charge on any atom is 0.353 e. The molecular formula is C13H14IN5O2. The standard InChI is InChI=1S/C13H14IN5O2/c1-2-6-15-12-11(19(20)21)13(17-8-16-12)18-10-5-3-4-9(14)7-10/h3-5,7-8H,2,6H2,1H3,(H2,15,16,17,18). The predicted molar refractivity (Wildman–Crippen MR) is 89.9 cm³/mol. The van der Waals surface area contributed by atoms with Crippen molar-refractivity contribution in [2.75, 3.05) is 17.2 Å². The first-order valence-electron chi connectivity index (χ1n) is 6.37. The number of benzene rings is 1. The zero-order valence-electron chi connectivity index (χ0n) is 11.3. The molecule has 0 aliphatic rings. The molecule has 0 unspecified atom stereocenters. The minimum Gasteiger partial charge on any atom is -0.364 e. The molecule has 110 valence electrons. The second-order valence-corrected chi connectivity index (χ2v) is 5.48. The van der Waals surface area contributed by atoms with Crippen LogP contribution in [-0.2, 0) is 0 Å². The van der Waals surface area contributed by atoms with Crippen LogP contribution in [0.2, 0.25) is 0 Å². The van der Waals surface area contributed by atoms with E-state index >= 15 is 0 Å². The molecule has 0 spiro atoms. The van der Waals surface area contributed by atoms with Crippen LogP contribution in [0.25, 0.3) is 0 Å². The van der Waals surface area contributed by atoms with Gasteiger partial charge < -0.3 is 10.6 Å². The van der Waals surface area contributed by atoms with Crippen LogP contribution in [-0.4, -0.2) is 21.4 Å². The van der Waals surface area contributed by atoms with E-state index in [2.05, 4.69) is 43.2 Å². The zero-order chi connectivity index (χ0) is 15.2. The highest BCUT2D eigenvalue weighted by Crippen LogP contribution is 2.31. The normalized spacial score (nSPS) is 10.2. The van der Waals surface area contributed by atoms with Crippen LogP contribution in [0.4, 0.5) is 23.0 Å². The summed E-state index contributed by atoms with van der Waals surface area (Å²) in [4.78, 5) is 18.8. The number of anilines is 3. The highest BCUT2D eigenvalue weighted by atomic mass is 127. The summed E-state index contributed by atoms with van der Waals surface area (Å²) in [6.07, 6.45) is 2.15. The molecule has 0 aliphatic carbocycles. The van der Waals surface area contributed by atoms with Crippen molar-refractivity contribution < 1.29 is 4.92 Å². The lowest BCUT2D eigenvalue weighted by Gasteiger charge is -2.09. The van der Waals surface area contributed by atoms with Crippen LogP contribution in [0, 0.1) is 13.7 Å². The van der Waals surface area contributed by atoms with E-state index in [1.54, 1.807) is 0 Å². The minimum absolute atomic E-state index is 0.148. The van der Waals surface area contributed by atoms with Crippen molar-refractivity contribution in [1.29, 1.82) is 0 Å². The van der Waals surface area contributed by atoms with Gasteiger partial charge in [-0.15, -0.1) is 0 Å². The Morgan fingerprint density at radius 3 is 2.76 bits per heavy atom. The average molecular weight is 399 g/mol. The summed E-state index contributed by atoms with van der Waals surface area (Å²) in [5.74, 6) is 0.403. The van der Waals surface area contributed by atoms with Crippen LogP contribution in [0.5, 0.6) is 0 Å². The molecule has 0 atom stereocenters. The molecule has 2 rings (SSSR count). The van der Waals surface area contributed by atoms with Gasteiger partial charge in [0.25, 0.3) is 0 Å². The van der Waals surface area contributed by atoms with Crippen LogP contribution >= 0.6 is 22.6 Å². The van der Waals surface area contributed by atoms with Crippen molar-refractivity contribution in [2.24, 2.45) is 0 Å². The molecule has 2 aromatic rings. The highest BCUT2D eigenvalue weighted by molar-refractivity contribution is 14.1. The van der Waals surface area contributed by atoms with E-state index in [-0.39, 0.29) is 17.3 Å². The first-order valence-corrected chi connectivity index (χ1v) is 7.45. The lowest BCUT2D eigenvalue weighted by Crippen LogP contribution is -2.08. The largest absolute Gasteiger partial charge is 0.364 e. The number of hydrogen-bond donors (Lipinski definition) is 2. The monoisotopic (exact) mass is 399 g/mol. The van der Waals surface area contributed by atoms with Gasteiger partial charge in [0.1, 0.15) is 6.33 Å². The number of nitro groups is 1. The predicted octanol–water partition coefficient (Wildman–Crippen LogP) is 3.55. The third-order valence-corrected chi connectivity index (χ3v) is 3.31. The molecule has 2 N–H and O–H groups in total. The smallest absolute Gasteiger partial charge is 0.353 e. The van der Waals surface area contributed by atoms with Gasteiger partial charge in [-0.3, -0.25) is 10.1 Å². The van der Waals surface area contributed by atoms with E-state index in [0.29, 0.717) is 6.54 Å². The summed E-state index contributed by atoms with van der Waals surface area (Å²) in [5.41, 5.74) is 0.593. The molecule has 1 aromatic carbocycles. The second kappa shape index (κ2) is 7.16. The van der Waals surface area contributed by atoms with E-state index < -0.39 is 4.92 Å². The molecule has 1 aromatic heterocycles. The van der Waals surface area contributed by atoms with Gasteiger partial charge in [0, 0.05) is 15.8 Å². The number of rotatable bonds is 6. The second-order valence-electron chi connectivity index (χ2n) is 4.24. The van der Waals surface area contributed by atoms with Gasteiger partial charge >= 0.3 is 5.69 Å². The van der Waals surface area contributed by atoms with Gasteiger partial charge in [0.2, 0.25) is 11.6 Å². The number of hydrogen-bond acceptors (Lipinski definition) is 6. The topological polar surface area (TPSA) is 93.0 Å². The third-order valence-electron chi connectivity index (χ3n) is 2.63. The van der Waals surface area contributed by atoms with Gasteiger partial charge in [-0.25, -0.2) is 9.97 Å². The Hall–Kier alpha value is -1.97. The van der Waals surface area contributed by atoms with Gasteiger partial charge in [-0.1, -0.05) is 13.0 Å². The van der Waals surface area contributed by atoms with Crippen molar-refractivity contribution in [2.45, 2.75) is 13.3 Å². The van der Waals surface area contributed by atoms with E-state index in [0.717, 1.165) is 15.7 Å². The number of aromatic nitrogens is 2. The van der Waals surface area contributed by atoms with Crippen LogP contribution < -0.4 is 10.6 Å². The third kappa shape index (κ3) is 4.00. The van der Waals surface area contributed by atoms with Crippen molar-refractivity contribution in [3.63, 3.8) is 0 Å². The fourth-order valence-electron chi connectivity index (χ4n) is 1.72. The molecule has 0 radical (unpaired) electrons. The molecule has 7 nitrogen and oxygen atoms in total. The van der Waals surface area contributed by atoms with Gasteiger partial charge in [-0.2, -0.15) is 0 Å². The Bertz CT molecular complexity index is 650. The summed E-state index contributed by atoms with van der Waals surface area (Å²) in [5, 5.41) is 17.2. The van der Waals surface area contributed by atoms with Crippen LogP contribution in [0.3, 0.4) is 0 Å². The fraction of sp³-hybridized carbons (Fsp3) is 0.231. The first-order chi connectivity index (χ1) is 10.1. The fourth-order valence-corrected chi connectivity index (χ4v) is 2.26. The van der Waals surface area contributed by atoms with Gasteiger partial charge in [0.05, 0.1) is 4.92 Å². The molecule has 0 amide bonds. The van der Waals surface area contributed by atoms with Crippen LogP contribution in [0.15, 0.2) is 30.6 Å². The number of nitrogens with zero attached hydrogens (tertiary/aromatic N) is 3. The summed E-state index contributed by atoms with van der Waals surface area (Å²) in [6, 6.07) is 7.51. The van der Waals surface area contributed by atoms with Crippen molar-refractivity contribution in [3.8, 4) is 0 Å². The Labute approximate surface area is 135 Å². The van der Waals surface area contributed by atoms with Crippen LogP contribution in [0.1, 0.15) is 13.3 Å². The highest BCUT2D eigenvalue weighted by Gasteiger charge is 2.22. The molecule has 1 heterocycles. The molecule has 21 heavy (non-hydrogen) atoms. The summed E-state index contributed by atoms with van der Waals surface area (Å²) >= 11 is 2.18. The lowest BCUT2D eigenvalue weighted by atomic mass is 10.3. The van der Waals surface area contributed by atoms with E-state index in [1.165, 1.54) is 6.33 Å². The first kappa shape index (κ1) is 15.4. The zero-order valence-corrected chi connectivity index (χ0v) is 13.5.